The number of fused-ring (bicyclic) bond motifs is 3. The first-order valence-electron chi connectivity index (χ1n) is 11.3. The summed E-state index contributed by atoms with van der Waals surface area (Å²) < 4.78 is 5.62. The van der Waals surface area contributed by atoms with Crippen LogP contribution in [0.2, 0.25) is 0 Å². The van der Waals surface area contributed by atoms with Crippen molar-refractivity contribution in [1.82, 2.24) is 9.88 Å². The standard InChI is InChI=1S/C27H28N2O4/c1-29(25(26(30)31)15-7-2-9-19-10-8-16-28-17-19)27(32)33-18-24-22-13-5-3-11-20(22)21-12-4-6-14-23(21)24/h3-6,8,10-14,16-17,24-25H,2,7,9,15,18H2,1H3,(H,30,31)/t25-/m0/s1. The summed E-state index contributed by atoms with van der Waals surface area (Å²) in [6, 6.07) is 19.2. The molecule has 0 saturated heterocycles. The van der Waals surface area contributed by atoms with E-state index < -0.39 is 18.1 Å². The van der Waals surface area contributed by atoms with E-state index in [4.69, 9.17) is 4.74 Å². The van der Waals surface area contributed by atoms with Crippen LogP contribution in [0.4, 0.5) is 4.79 Å². The van der Waals surface area contributed by atoms with E-state index in [1.54, 1.807) is 6.20 Å². The predicted molar refractivity (Wildman–Crippen MR) is 126 cm³/mol. The lowest BCUT2D eigenvalue weighted by molar-refractivity contribution is -0.142. The lowest BCUT2D eigenvalue weighted by atomic mass is 9.98. The maximum Gasteiger partial charge on any atom is 0.410 e. The first-order chi connectivity index (χ1) is 16.1. The SMILES string of the molecule is CN(C(=O)OCC1c2ccccc2-c2ccccc21)[C@@H](CCCCc1cccnc1)C(=O)O. The zero-order chi connectivity index (χ0) is 23.2. The summed E-state index contributed by atoms with van der Waals surface area (Å²) in [6.07, 6.45) is 5.65. The lowest BCUT2D eigenvalue weighted by Gasteiger charge is -2.25. The van der Waals surface area contributed by atoms with Crippen molar-refractivity contribution in [3.05, 3.63) is 89.7 Å². The van der Waals surface area contributed by atoms with Gasteiger partial charge in [0.1, 0.15) is 12.6 Å². The van der Waals surface area contributed by atoms with E-state index in [0.29, 0.717) is 12.8 Å². The largest absolute Gasteiger partial charge is 0.480 e. The van der Waals surface area contributed by atoms with Gasteiger partial charge in [-0.1, -0.05) is 61.0 Å². The Kier molecular flexibility index (Phi) is 7.03. The maximum absolute atomic E-state index is 12.8. The van der Waals surface area contributed by atoms with Crippen molar-refractivity contribution in [3.63, 3.8) is 0 Å². The van der Waals surface area contributed by atoms with Crippen LogP contribution in [-0.4, -0.2) is 46.7 Å². The number of benzene rings is 2. The molecule has 0 bridgehead atoms. The Bertz CT molecular complexity index is 1070. The summed E-state index contributed by atoms with van der Waals surface area (Å²) in [5, 5.41) is 9.69. The molecule has 6 heteroatoms. The summed E-state index contributed by atoms with van der Waals surface area (Å²) in [7, 11) is 1.50. The molecular weight excluding hydrogens is 416 g/mol. The number of nitrogens with zero attached hydrogens (tertiary/aromatic N) is 2. The van der Waals surface area contributed by atoms with Crippen molar-refractivity contribution < 1.29 is 19.4 Å². The number of rotatable bonds is 9. The topological polar surface area (TPSA) is 79.7 Å². The summed E-state index contributed by atoms with van der Waals surface area (Å²) in [4.78, 5) is 29.9. The number of carboxylic acids is 1. The second kappa shape index (κ2) is 10.3. The number of ether oxygens (including phenoxy) is 1. The number of pyridine rings is 1. The van der Waals surface area contributed by atoms with E-state index >= 15 is 0 Å². The third kappa shape index (κ3) is 5.06. The number of likely N-dealkylation sites (N-methyl/N-ethyl adjacent to an activating group) is 1. The Labute approximate surface area is 193 Å². The molecule has 0 aliphatic heterocycles. The fourth-order valence-electron chi connectivity index (χ4n) is 4.52. The summed E-state index contributed by atoms with van der Waals surface area (Å²) >= 11 is 0. The number of carboxylic acid groups (broad SMARTS) is 1. The Morgan fingerprint density at radius 3 is 2.27 bits per heavy atom. The van der Waals surface area contributed by atoms with Crippen molar-refractivity contribution in [3.8, 4) is 11.1 Å². The van der Waals surface area contributed by atoms with Gasteiger partial charge in [-0.3, -0.25) is 9.88 Å². The van der Waals surface area contributed by atoms with Crippen molar-refractivity contribution >= 4 is 12.1 Å². The van der Waals surface area contributed by atoms with Crippen LogP contribution in [0.25, 0.3) is 11.1 Å². The van der Waals surface area contributed by atoms with E-state index in [2.05, 4.69) is 29.2 Å². The average molecular weight is 445 g/mol. The minimum absolute atomic E-state index is 0.0579. The fraction of sp³-hybridized carbons (Fsp3) is 0.296. The second-order valence-corrected chi connectivity index (χ2v) is 8.38. The molecule has 1 aliphatic rings. The van der Waals surface area contributed by atoms with E-state index in [1.165, 1.54) is 11.9 Å². The number of aliphatic carboxylic acids is 1. The molecule has 0 unspecified atom stereocenters. The van der Waals surface area contributed by atoms with Gasteiger partial charge in [0, 0.05) is 25.4 Å². The molecule has 3 aromatic rings. The third-order valence-electron chi connectivity index (χ3n) is 6.29. The van der Waals surface area contributed by atoms with E-state index in [0.717, 1.165) is 40.7 Å². The van der Waals surface area contributed by atoms with Crippen LogP contribution < -0.4 is 0 Å². The molecule has 1 atom stereocenters. The molecule has 0 radical (unpaired) electrons. The predicted octanol–water partition coefficient (Wildman–Crippen LogP) is 5.13. The van der Waals surface area contributed by atoms with Crippen LogP contribution >= 0.6 is 0 Å². The molecule has 4 rings (SSSR count). The zero-order valence-electron chi connectivity index (χ0n) is 18.7. The Balaban J connectivity index is 1.34. The van der Waals surface area contributed by atoms with Gasteiger partial charge in [-0.25, -0.2) is 9.59 Å². The molecule has 0 saturated carbocycles. The van der Waals surface area contributed by atoms with Crippen LogP contribution in [0.1, 0.15) is 41.9 Å². The highest BCUT2D eigenvalue weighted by molar-refractivity contribution is 5.81. The molecule has 0 fully saturated rings. The van der Waals surface area contributed by atoms with Crippen molar-refractivity contribution in [1.29, 1.82) is 0 Å². The molecule has 6 nitrogen and oxygen atoms in total. The lowest BCUT2D eigenvalue weighted by Crippen LogP contribution is -2.43. The number of aryl methyl sites for hydroxylation is 1. The Hall–Kier alpha value is -3.67. The van der Waals surface area contributed by atoms with Crippen molar-refractivity contribution in [2.24, 2.45) is 0 Å². The molecule has 2 aromatic carbocycles. The van der Waals surface area contributed by atoms with Crippen LogP contribution in [0, 0.1) is 0 Å². The van der Waals surface area contributed by atoms with Gasteiger partial charge in [0.05, 0.1) is 0 Å². The van der Waals surface area contributed by atoms with Gasteiger partial charge in [0.15, 0.2) is 0 Å². The molecule has 0 spiro atoms. The average Bonchev–Trinajstić information content (AvgIpc) is 3.16. The van der Waals surface area contributed by atoms with Gasteiger partial charge in [-0.05, 0) is 53.1 Å². The number of hydrogen-bond acceptors (Lipinski definition) is 4. The highest BCUT2D eigenvalue weighted by atomic mass is 16.6. The minimum atomic E-state index is -1.02. The number of hydrogen-bond donors (Lipinski definition) is 1. The number of amides is 1. The summed E-state index contributed by atoms with van der Waals surface area (Å²) in [5.74, 6) is -1.08. The van der Waals surface area contributed by atoms with Crippen LogP contribution in [0.15, 0.2) is 73.1 Å². The minimum Gasteiger partial charge on any atom is -0.480 e. The van der Waals surface area contributed by atoms with Gasteiger partial charge in [-0.2, -0.15) is 0 Å². The maximum atomic E-state index is 12.8. The number of carbonyl (C=O) groups is 2. The number of unbranched alkanes of at least 4 members (excludes halogenated alkanes) is 1. The van der Waals surface area contributed by atoms with Gasteiger partial charge in [-0.15, -0.1) is 0 Å². The van der Waals surface area contributed by atoms with E-state index in [9.17, 15) is 14.7 Å². The number of carbonyl (C=O) groups excluding carboxylic acids is 1. The molecule has 170 valence electrons. The van der Waals surface area contributed by atoms with Crippen molar-refractivity contribution in [2.45, 2.75) is 37.6 Å². The molecule has 33 heavy (non-hydrogen) atoms. The molecule has 1 amide bonds. The van der Waals surface area contributed by atoms with Crippen LogP contribution in [0.3, 0.4) is 0 Å². The highest BCUT2D eigenvalue weighted by Gasteiger charge is 2.31. The summed E-state index contributed by atoms with van der Waals surface area (Å²) in [5.41, 5.74) is 5.67. The molecule has 1 aliphatic carbocycles. The first-order valence-corrected chi connectivity index (χ1v) is 11.3. The fourth-order valence-corrected chi connectivity index (χ4v) is 4.52. The van der Waals surface area contributed by atoms with Gasteiger partial charge in [0.25, 0.3) is 0 Å². The smallest absolute Gasteiger partial charge is 0.410 e. The van der Waals surface area contributed by atoms with Gasteiger partial charge in [0.2, 0.25) is 0 Å². The third-order valence-corrected chi connectivity index (χ3v) is 6.29. The first kappa shape index (κ1) is 22.5. The van der Waals surface area contributed by atoms with Gasteiger partial charge < -0.3 is 9.84 Å². The monoisotopic (exact) mass is 444 g/mol. The normalized spacial score (nSPS) is 13.1. The zero-order valence-corrected chi connectivity index (χ0v) is 18.7. The second-order valence-electron chi connectivity index (χ2n) is 8.38. The van der Waals surface area contributed by atoms with Crippen LogP contribution in [-0.2, 0) is 16.0 Å². The Morgan fingerprint density at radius 2 is 1.67 bits per heavy atom. The van der Waals surface area contributed by atoms with Crippen molar-refractivity contribution in [2.75, 3.05) is 13.7 Å². The van der Waals surface area contributed by atoms with E-state index in [-0.39, 0.29) is 12.5 Å². The summed E-state index contributed by atoms with van der Waals surface area (Å²) in [6.45, 7) is 0.171. The van der Waals surface area contributed by atoms with Crippen LogP contribution in [0.5, 0.6) is 0 Å². The van der Waals surface area contributed by atoms with E-state index in [1.807, 2.05) is 42.6 Å². The molecule has 1 aromatic heterocycles. The number of aromatic nitrogens is 1. The highest BCUT2D eigenvalue weighted by Crippen LogP contribution is 2.44. The Morgan fingerprint density at radius 1 is 1.00 bits per heavy atom. The molecular formula is C27H28N2O4. The van der Waals surface area contributed by atoms with Gasteiger partial charge >= 0.3 is 12.1 Å². The quantitative estimate of drug-likeness (QED) is 0.463. The molecule has 1 heterocycles. The molecule has 1 N–H and O–H groups in total.